The van der Waals surface area contributed by atoms with Crippen LogP contribution in [0.1, 0.15) is 18.0 Å². The van der Waals surface area contributed by atoms with Crippen molar-refractivity contribution in [3.8, 4) is 0 Å². The molecule has 0 aliphatic rings. The van der Waals surface area contributed by atoms with Gasteiger partial charge < -0.3 is 20.9 Å². The molecule has 1 aromatic heterocycles. The maximum absolute atomic E-state index is 12.5. The summed E-state index contributed by atoms with van der Waals surface area (Å²) < 4.78 is 1.65. The van der Waals surface area contributed by atoms with Gasteiger partial charge in [-0.2, -0.15) is 5.10 Å². The molecule has 2 aromatic rings. The molecule has 1 heterocycles. The number of rotatable bonds is 8. The number of carbonyl (C=O) groups is 2. The number of amides is 2. The number of likely N-dealkylation sites (N-methyl/N-ethyl adjacent to an activating group) is 1. The van der Waals surface area contributed by atoms with Crippen molar-refractivity contribution < 1.29 is 9.59 Å². The van der Waals surface area contributed by atoms with Crippen LogP contribution in [0.25, 0.3) is 0 Å². The van der Waals surface area contributed by atoms with Gasteiger partial charge in [0.2, 0.25) is 11.8 Å². The molecule has 3 N–H and O–H groups in total. The number of hydrogen-bond donors (Lipinski definition) is 3. The van der Waals surface area contributed by atoms with Crippen molar-refractivity contribution >= 4 is 23.2 Å². The molecule has 0 fully saturated rings. The summed E-state index contributed by atoms with van der Waals surface area (Å²) in [6, 6.07) is 6.56. The standard InChI is InChI=1S/C18H26N6O2/c1-19-17(13-11-20-24(4)12-13)18(26)22-15-7-5-14(6-8-15)21-16(25)9-10-23(2)3/h5-8,11-12,17,19H,9-10H2,1-4H3,(H,21,25)(H,22,26). The predicted octanol–water partition coefficient (Wildman–Crippen LogP) is 1.21. The highest BCUT2D eigenvalue weighted by molar-refractivity contribution is 5.96. The van der Waals surface area contributed by atoms with Crippen LogP contribution in [0.2, 0.25) is 0 Å². The van der Waals surface area contributed by atoms with E-state index in [4.69, 9.17) is 0 Å². The third-order valence-electron chi connectivity index (χ3n) is 3.83. The summed E-state index contributed by atoms with van der Waals surface area (Å²) in [5.41, 5.74) is 2.15. The summed E-state index contributed by atoms with van der Waals surface area (Å²) in [5.74, 6) is -0.217. The quantitative estimate of drug-likeness (QED) is 0.660. The van der Waals surface area contributed by atoms with E-state index >= 15 is 0 Å². The molecule has 0 aliphatic carbocycles. The first-order valence-corrected chi connectivity index (χ1v) is 8.40. The summed E-state index contributed by atoms with van der Waals surface area (Å²) in [6.07, 6.45) is 3.89. The predicted molar refractivity (Wildman–Crippen MR) is 102 cm³/mol. The molecule has 2 amide bonds. The molecule has 140 valence electrons. The van der Waals surface area contributed by atoms with Crippen LogP contribution >= 0.6 is 0 Å². The summed E-state index contributed by atoms with van der Waals surface area (Å²) in [7, 11) is 7.38. The van der Waals surface area contributed by atoms with E-state index in [9.17, 15) is 9.59 Å². The highest BCUT2D eigenvalue weighted by Crippen LogP contribution is 2.17. The van der Waals surface area contributed by atoms with E-state index < -0.39 is 6.04 Å². The van der Waals surface area contributed by atoms with Crippen molar-refractivity contribution in [2.75, 3.05) is 38.3 Å². The Hall–Kier alpha value is -2.71. The Morgan fingerprint density at radius 1 is 1.15 bits per heavy atom. The average molecular weight is 358 g/mol. The van der Waals surface area contributed by atoms with Crippen LogP contribution in [-0.4, -0.2) is 54.2 Å². The summed E-state index contributed by atoms with van der Waals surface area (Å²) in [6.45, 7) is 0.694. The SMILES string of the molecule is CNC(C(=O)Nc1ccc(NC(=O)CCN(C)C)cc1)c1cnn(C)c1. The molecule has 0 saturated carbocycles. The van der Waals surface area contributed by atoms with Gasteiger partial charge in [-0.25, -0.2) is 0 Å². The maximum Gasteiger partial charge on any atom is 0.246 e. The van der Waals surface area contributed by atoms with Gasteiger partial charge in [0.25, 0.3) is 0 Å². The second-order valence-corrected chi connectivity index (χ2v) is 6.34. The molecular formula is C18H26N6O2. The van der Waals surface area contributed by atoms with Crippen molar-refractivity contribution in [2.24, 2.45) is 7.05 Å². The van der Waals surface area contributed by atoms with Gasteiger partial charge in [0, 0.05) is 43.1 Å². The number of aromatic nitrogens is 2. The second kappa shape index (κ2) is 9.12. The van der Waals surface area contributed by atoms with Gasteiger partial charge in [-0.05, 0) is 45.4 Å². The maximum atomic E-state index is 12.5. The fourth-order valence-electron chi connectivity index (χ4n) is 2.44. The zero-order valence-corrected chi connectivity index (χ0v) is 15.6. The van der Waals surface area contributed by atoms with Gasteiger partial charge >= 0.3 is 0 Å². The topological polar surface area (TPSA) is 91.3 Å². The molecule has 0 spiro atoms. The fourth-order valence-corrected chi connectivity index (χ4v) is 2.44. The summed E-state index contributed by atoms with van der Waals surface area (Å²) in [5, 5.41) is 12.8. The van der Waals surface area contributed by atoms with Gasteiger partial charge in [-0.3, -0.25) is 14.3 Å². The molecule has 1 unspecified atom stereocenters. The lowest BCUT2D eigenvalue weighted by atomic mass is 10.1. The molecule has 2 rings (SSSR count). The number of anilines is 2. The smallest absolute Gasteiger partial charge is 0.246 e. The van der Waals surface area contributed by atoms with Crippen LogP contribution in [0.5, 0.6) is 0 Å². The molecule has 8 nitrogen and oxygen atoms in total. The number of nitrogens with one attached hydrogen (secondary N) is 3. The lowest BCUT2D eigenvalue weighted by Gasteiger charge is -2.15. The van der Waals surface area contributed by atoms with E-state index in [1.807, 2.05) is 19.0 Å². The molecule has 0 aliphatic heterocycles. The Morgan fingerprint density at radius 3 is 2.27 bits per heavy atom. The monoisotopic (exact) mass is 358 g/mol. The largest absolute Gasteiger partial charge is 0.326 e. The first-order valence-electron chi connectivity index (χ1n) is 8.40. The van der Waals surface area contributed by atoms with Crippen LogP contribution in [0, 0.1) is 0 Å². The van der Waals surface area contributed by atoms with E-state index in [2.05, 4.69) is 21.0 Å². The normalized spacial score (nSPS) is 12.0. The molecule has 8 heteroatoms. The second-order valence-electron chi connectivity index (χ2n) is 6.34. The van der Waals surface area contributed by atoms with E-state index in [0.717, 1.165) is 5.56 Å². The van der Waals surface area contributed by atoms with Crippen molar-refractivity contribution in [3.05, 3.63) is 42.2 Å². The van der Waals surface area contributed by atoms with Gasteiger partial charge in [0.1, 0.15) is 6.04 Å². The lowest BCUT2D eigenvalue weighted by Crippen LogP contribution is -2.30. The van der Waals surface area contributed by atoms with Crippen molar-refractivity contribution in [3.63, 3.8) is 0 Å². The molecule has 0 saturated heterocycles. The number of nitrogens with zero attached hydrogens (tertiary/aromatic N) is 3. The molecule has 26 heavy (non-hydrogen) atoms. The Morgan fingerprint density at radius 2 is 1.77 bits per heavy atom. The zero-order chi connectivity index (χ0) is 19.1. The van der Waals surface area contributed by atoms with Crippen molar-refractivity contribution in [2.45, 2.75) is 12.5 Å². The number of carbonyl (C=O) groups excluding carboxylic acids is 2. The highest BCUT2D eigenvalue weighted by atomic mass is 16.2. The average Bonchev–Trinajstić information content (AvgIpc) is 3.01. The van der Waals surface area contributed by atoms with Crippen LogP contribution in [0.3, 0.4) is 0 Å². The lowest BCUT2D eigenvalue weighted by molar-refractivity contribution is -0.118. The number of aryl methyl sites for hydroxylation is 1. The van der Waals surface area contributed by atoms with E-state index in [0.29, 0.717) is 24.3 Å². The Kier molecular flexibility index (Phi) is 6.88. The minimum absolute atomic E-state index is 0.0395. The molecule has 1 atom stereocenters. The van der Waals surface area contributed by atoms with E-state index in [1.165, 1.54) is 0 Å². The third-order valence-corrected chi connectivity index (χ3v) is 3.83. The van der Waals surface area contributed by atoms with Crippen LogP contribution in [-0.2, 0) is 16.6 Å². The van der Waals surface area contributed by atoms with E-state index in [-0.39, 0.29) is 11.8 Å². The Bertz CT molecular complexity index is 738. The third kappa shape index (κ3) is 5.68. The fraction of sp³-hybridized carbons (Fsp3) is 0.389. The van der Waals surface area contributed by atoms with Gasteiger partial charge in [0.05, 0.1) is 6.20 Å². The number of hydrogen-bond acceptors (Lipinski definition) is 5. The van der Waals surface area contributed by atoms with E-state index in [1.54, 1.807) is 55.4 Å². The first-order chi connectivity index (χ1) is 12.4. The van der Waals surface area contributed by atoms with Crippen molar-refractivity contribution in [1.29, 1.82) is 0 Å². The van der Waals surface area contributed by atoms with Crippen LogP contribution in [0.4, 0.5) is 11.4 Å². The Balaban J connectivity index is 1.93. The van der Waals surface area contributed by atoms with Crippen LogP contribution < -0.4 is 16.0 Å². The van der Waals surface area contributed by atoms with Gasteiger partial charge in [-0.1, -0.05) is 0 Å². The molecular weight excluding hydrogens is 332 g/mol. The first kappa shape index (κ1) is 19.6. The minimum Gasteiger partial charge on any atom is -0.326 e. The van der Waals surface area contributed by atoms with Crippen LogP contribution in [0.15, 0.2) is 36.7 Å². The molecule has 0 radical (unpaired) electrons. The van der Waals surface area contributed by atoms with Gasteiger partial charge in [-0.15, -0.1) is 0 Å². The number of benzene rings is 1. The Labute approximate surface area is 153 Å². The summed E-state index contributed by atoms with van der Waals surface area (Å²) in [4.78, 5) is 26.3. The zero-order valence-electron chi connectivity index (χ0n) is 15.6. The molecule has 1 aromatic carbocycles. The molecule has 0 bridgehead atoms. The van der Waals surface area contributed by atoms with Gasteiger partial charge in [0.15, 0.2) is 0 Å². The minimum atomic E-state index is -0.492. The van der Waals surface area contributed by atoms with Crippen molar-refractivity contribution in [1.82, 2.24) is 20.0 Å². The summed E-state index contributed by atoms with van der Waals surface area (Å²) >= 11 is 0. The highest BCUT2D eigenvalue weighted by Gasteiger charge is 2.20.